The van der Waals surface area contributed by atoms with Crippen molar-refractivity contribution >= 4 is 11.9 Å². The molecule has 2 fully saturated rings. The fraction of sp³-hybridized carbons (Fsp3) is 0.900. The summed E-state index contributed by atoms with van der Waals surface area (Å²) in [5.74, 6) is -0.105. The van der Waals surface area contributed by atoms with E-state index in [9.17, 15) is 14.7 Å². The lowest BCUT2D eigenvalue weighted by Crippen LogP contribution is -2.55. The highest BCUT2D eigenvalue weighted by Gasteiger charge is 2.39. The van der Waals surface area contributed by atoms with Gasteiger partial charge >= 0.3 is 6.03 Å². The largest absolute Gasteiger partial charge is 0.387 e. The van der Waals surface area contributed by atoms with E-state index in [1.165, 1.54) is 17.7 Å². The van der Waals surface area contributed by atoms with Crippen LogP contribution in [0.5, 0.6) is 0 Å². The molecule has 3 amide bonds. The first-order chi connectivity index (χ1) is 11.9. The van der Waals surface area contributed by atoms with E-state index >= 15 is 0 Å². The maximum absolute atomic E-state index is 12.6. The lowest BCUT2D eigenvalue weighted by atomic mass is 9.66. The Bertz CT molecular complexity index is 522. The molecule has 0 radical (unpaired) electrons. The van der Waals surface area contributed by atoms with Gasteiger partial charge in [0.1, 0.15) is 0 Å². The third-order valence-corrected chi connectivity index (χ3v) is 6.30. The molecule has 6 heteroatoms. The molecule has 1 saturated carbocycles. The summed E-state index contributed by atoms with van der Waals surface area (Å²) in [5.41, 5.74) is -0.556. The molecule has 1 aliphatic carbocycles. The minimum atomic E-state index is -1.12. The number of hydrogen-bond acceptors (Lipinski definition) is 3. The first-order valence-electron chi connectivity index (χ1n) is 9.89. The molecular weight excluding hydrogens is 330 g/mol. The number of carbonyl (C=O) groups excluding carboxylic acids is 2. The Morgan fingerprint density at radius 2 is 1.69 bits per heavy atom. The Kier molecular flexibility index (Phi) is 6.26. The van der Waals surface area contributed by atoms with E-state index < -0.39 is 5.60 Å². The lowest BCUT2D eigenvalue weighted by molar-refractivity contribution is -0.135. The van der Waals surface area contributed by atoms with Crippen molar-refractivity contribution in [2.45, 2.75) is 71.3 Å². The van der Waals surface area contributed by atoms with Crippen LogP contribution in [0.3, 0.4) is 0 Å². The maximum atomic E-state index is 12.6. The van der Waals surface area contributed by atoms with Crippen LogP contribution in [0.4, 0.5) is 4.79 Å². The van der Waals surface area contributed by atoms with Gasteiger partial charge in [-0.15, -0.1) is 0 Å². The van der Waals surface area contributed by atoms with E-state index in [1.54, 1.807) is 19.0 Å². The zero-order chi connectivity index (χ0) is 19.6. The number of likely N-dealkylation sites (tertiary alicyclic amines) is 1. The topological polar surface area (TPSA) is 72.9 Å². The standard InChI is InChI=1S/C20H37N3O3/c1-18(2)8-10-19(3,11-9-18)14-21-17(25)23-12-6-7-20(26,15-23)13-16(24)22(4)5/h26H,6-15H2,1-5H3,(H,21,25). The molecule has 1 atom stereocenters. The second-order valence-corrected chi connectivity index (χ2v) is 9.85. The quantitative estimate of drug-likeness (QED) is 0.802. The number of aliphatic hydroxyl groups is 1. The molecule has 2 rings (SSSR count). The van der Waals surface area contributed by atoms with Gasteiger partial charge < -0.3 is 20.2 Å². The second-order valence-electron chi connectivity index (χ2n) is 9.85. The van der Waals surface area contributed by atoms with Crippen LogP contribution in [0.2, 0.25) is 0 Å². The van der Waals surface area contributed by atoms with Crippen LogP contribution < -0.4 is 5.32 Å². The summed E-state index contributed by atoms with van der Waals surface area (Å²) in [6.07, 6.45) is 5.98. The second kappa shape index (κ2) is 7.75. The number of β-amino-alcohol motifs (C(OH)–C–C–N with tert-alkyl or cyclic N) is 1. The Hall–Kier alpha value is -1.30. The predicted octanol–water partition coefficient (Wildman–Crippen LogP) is 2.61. The van der Waals surface area contributed by atoms with Gasteiger partial charge in [-0.1, -0.05) is 20.8 Å². The molecule has 1 saturated heterocycles. The highest BCUT2D eigenvalue weighted by atomic mass is 16.3. The van der Waals surface area contributed by atoms with Gasteiger partial charge in [0.25, 0.3) is 0 Å². The Balaban J connectivity index is 1.86. The number of carbonyl (C=O) groups is 2. The zero-order valence-electron chi connectivity index (χ0n) is 17.2. The van der Waals surface area contributed by atoms with Gasteiger partial charge in [0.2, 0.25) is 5.91 Å². The summed E-state index contributed by atoms with van der Waals surface area (Å²) in [5, 5.41) is 13.9. The predicted molar refractivity (Wildman–Crippen MR) is 103 cm³/mol. The zero-order valence-corrected chi connectivity index (χ0v) is 17.2. The molecule has 1 heterocycles. The highest BCUT2D eigenvalue weighted by molar-refractivity contribution is 5.77. The third-order valence-electron chi connectivity index (χ3n) is 6.30. The first kappa shape index (κ1) is 21.0. The number of nitrogens with zero attached hydrogens (tertiary/aromatic N) is 2. The fourth-order valence-corrected chi connectivity index (χ4v) is 3.98. The van der Waals surface area contributed by atoms with E-state index in [0.717, 1.165) is 19.3 Å². The normalized spacial score (nSPS) is 27.7. The summed E-state index contributed by atoms with van der Waals surface area (Å²) >= 11 is 0. The molecule has 2 aliphatic rings. The van der Waals surface area contributed by atoms with Gasteiger partial charge in [0.15, 0.2) is 0 Å². The van der Waals surface area contributed by atoms with Crippen molar-refractivity contribution in [3.05, 3.63) is 0 Å². The summed E-state index contributed by atoms with van der Waals surface area (Å²) in [4.78, 5) is 27.8. The van der Waals surface area contributed by atoms with Gasteiger partial charge in [-0.25, -0.2) is 4.79 Å². The van der Waals surface area contributed by atoms with Crippen LogP contribution in [0, 0.1) is 10.8 Å². The summed E-state index contributed by atoms with van der Waals surface area (Å²) < 4.78 is 0. The van der Waals surface area contributed by atoms with Crippen LogP contribution in [-0.2, 0) is 4.79 Å². The van der Waals surface area contributed by atoms with Crippen LogP contribution in [-0.4, -0.2) is 66.2 Å². The number of piperidine rings is 1. The number of hydrogen-bond donors (Lipinski definition) is 2. The number of rotatable bonds is 4. The molecule has 0 bridgehead atoms. The van der Waals surface area contributed by atoms with Gasteiger partial charge in [-0.3, -0.25) is 4.79 Å². The smallest absolute Gasteiger partial charge is 0.317 e. The van der Waals surface area contributed by atoms with Crippen molar-refractivity contribution in [1.82, 2.24) is 15.1 Å². The maximum Gasteiger partial charge on any atom is 0.317 e. The SMILES string of the molecule is CN(C)C(=O)CC1(O)CCCN(C(=O)NCC2(C)CCC(C)(C)CC2)C1. The van der Waals surface area contributed by atoms with E-state index in [4.69, 9.17) is 0 Å². The van der Waals surface area contributed by atoms with Crippen molar-refractivity contribution < 1.29 is 14.7 Å². The molecule has 26 heavy (non-hydrogen) atoms. The molecule has 150 valence electrons. The number of urea groups is 1. The average molecular weight is 368 g/mol. The molecule has 0 aromatic rings. The molecular formula is C20H37N3O3. The Labute approximate surface area is 158 Å². The van der Waals surface area contributed by atoms with Crippen molar-refractivity contribution in [2.24, 2.45) is 10.8 Å². The molecule has 0 aromatic carbocycles. The van der Waals surface area contributed by atoms with Gasteiger partial charge in [0, 0.05) is 27.2 Å². The molecule has 0 spiro atoms. The average Bonchev–Trinajstić information content (AvgIpc) is 2.55. The molecule has 1 aliphatic heterocycles. The van der Waals surface area contributed by atoms with E-state index in [0.29, 0.717) is 24.9 Å². The summed E-state index contributed by atoms with van der Waals surface area (Å²) in [7, 11) is 3.37. The first-order valence-corrected chi connectivity index (χ1v) is 9.89. The highest BCUT2D eigenvalue weighted by Crippen LogP contribution is 2.44. The lowest BCUT2D eigenvalue weighted by Gasteiger charge is -2.42. The molecule has 0 aromatic heterocycles. The van der Waals surface area contributed by atoms with Gasteiger partial charge in [0.05, 0.1) is 18.6 Å². The minimum absolute atomic E-state index is 0.0660. The number of amides is 3. The summed E-state index contributed by atoms with van der Waals surface area (Å²) in [6.45, 7) is 8.41. The van der Waals surface area contributed by atoms with E-state index in [-0.39, 0.29) is 30.3 Å². The van der Waals surface area contributed by atoms with Crippen molar-refractivity contribution in [3.63, 3.8) is 0 Å². The van der Waals surface area contributed by atoms with Crippen LogP contribution >= 0.6 is 0 Å². The molecule has 6 nitrogen and oxygen atoms in total. The van der Waals surface area contributed by atoms with Gasteiger partial charge in [-0.2, -0.15) is 0 Å². The number of nitrogens with one attached hydrogen (secondary N) is 1. The summed E-state index contributed by atoms with van der Waals surface area (Å²) in [6, 6.07) is -0.119. The van der Waals surface area contributed by atoms with Crippen molar-refractivity contribution in [3.8, 4) is 0 Å². The molecule has 2 N–H and O–H groups in total. The van der Waals surface area contributed by atoms with Crippen LogP contribution in [0.15, 0.2) is 0 Å². The van der Waals surface area contributed by atoms with Gasteiger partial charge in [-0.05, 0) is 49.4 Å². The Morgan fingerprint density at radius 1 is 1.08 bits per heavy atom. The van der Waals surface area contributed by atoms with Crippen LogP contribution in [0.1, 0.15) is 65.7 Å². The monoisotopic (exact) mass is 367 g/mol. The third kappa shape index (κ3) is 5.60. The fourth-order valence-electron chi connectivity index (χ4n) is 3.98. The van der Waals surface area contributed by atoms with Crippen molar-refractivity contribution in [2.75, 3.05) is 33.7 Å². The van der Waals surface area contributed by atoms with Crippen molar-refractivity contribution in [1.29, 1.82) is 0 Å². The van der Waals surface area contributed by atoms with E-state index in [2.05, 4.69) is 26.1 Å². The Morgan fingerprint density at radius 3 is 2.27 bits per heavy atom. The molecule has 1 unspecified atom stereocenters. The van der Waals surface area contributed by atoms with Crippen LogP contribution in [0.25, 0.3) is 0 Å². The minimum Gasteiger partial charge on any atom is -0.387 e. The van der Waals surface area contributed by atoms with E-state index in [1.807, 2.05) is 0 Å².